The van der Waals surface area contributed by atoms with Crippen molar-refractivity contribution in [1.29, 1.82) is 5.41 Å². The lowest BCUT2D eigenvalue weighted by molar-refractivity contribution is -0.128. The summed E-state index contributed by atoms with van der Waals surface area (Å²) in [5.74, 6) is -0.132. The molecule has 0 unspecified atom stereocenters. The minimum absolute atomic E-state index is 0. The normalized spacial score (nSPS) is 10.7. The Balaban J connectivity index is 0.00000392. The zero-order valence-electron chi connectivity index (χ0n) is 16.0. The Bertz CT molecular complexity index is 831. The van der Waals surface area contributed by atoms with Crippen molar-refractivity contribution in [3.8, 4) is 11.5 Å². The molecule has 0 saturated carbocycles. The molecule has 0 bridgehead atoms. The Morgan fingerprint density at radius 3 is 2.36 bits per heavy atom. The number of esters is 1. The summed E-state index contributed by atoms with van der Waals surface area (Å²) in [4.78, 5) is 14.2. The fraction of sp³-hybridized carbons (Fsp3) is 0.238. The summed E-state index contributed by atoms with van der Waals surface area (Å²) in [7, 11) is 0. The maximum atomic E-state index is 11.9. The predicted molar refractivity (Wildman–Crippen MR) is 114 cm³/mol. The number of nitrogens with one attached hydrogen (secondary N) is 1. The maximum absolute atomic E-state index is 11.9. The number of ether oxygens (including phenoxy) is 1. The van der Waals surface area contributed by atoms with Gasteiger partial charge < -0.3 is 15.6 Å². The number of carbonyl (C=O) groups excluding carboxylic acids is 1. The summed E-state index contributed by atoms with van der Waals surface area (Å²) in [6, 6.07) is 11.8. The number of nitrogens with zero attached hydrogens (tertiary/aromatic N) is 1. The SMILES string of the molecule is CCN(CC)Cc1ccc(/C=C/C(=O)Oc2ccc(C(=N)N)cc2)c(O)c1.Cl. The standard InChI is InChI=1S/C21H25N3O3.ClH/c1-3-24(4-2)14-15-5-6-16(19(25)13-15)9-12-20(26)27-18-10-7-17(8-11-18)21(22)23;/h5-13,25H,3-4,14H2,1-2H3,(H3,22,23);1H/b12-9+;. The van der Waals surface area contributed by atoms with Crippen molar-refractivity contribution in [1.82, 2.24) is 4.90 Å². The van der Waals surface area contributed by atoms with E-state index in [4.69, 9.17) is 15.9 Å². The van der Waals surface area contributed by atoms with Crippen LogP contribution in [0.3, 0.4) is 0 Å². The Morgan fingerprint density at radius 1 is 1.18 bits per heavy atom. The topological polar surface area (TPSA) is 99.6 Å². The van der Waals surface area contributed by atoms with Crippen LogP contribution in [-0.4, -0.2) is 34.9 Å². The first-order chi connectivity index (χ1) is 12.9. The van der Waals surface area contributed by atoms with E-state index in [0.29, 0.717) is 16.9 Å². The van der Waals surface area contributed by atoms with Gasteiger partial charge in [0.2, 0.25) is 0 Å². The fourth-order valence-corrected chi connectivity index (χ4v) is 2.54. The van der Waals surface area contributed by atoms with Gasteiger partial charge in [0.05, 0.1) is 0 Å². The number of phenols is 1. The van der Waals surface area contributed by atoms with Crippen LogP contribution in [-0.2, 0) is 11.3 Å². The van der Waals surface area contributed by atoms with Gasteiger partial charge in [-0.1, -0.05) is 26.0 Å². The van der Waals surface area contributed by atoms with Crippen LogP contribution in [0.2, 0.25) is 0 Å². The van der Waals surface area contributed by atoms with Crippen molar-refractivity contribution < 1.29 is 14.6 Å². The molecule has 2 aromatic rings. The van der Waals surface area contributed by atoms with Crippen molar-refractivity contribution in [2.75, 3.05) is 13.1 Å². The van der Waals surface area contributed by atoms with E-state index >= 15 is 0 Å². The van der Waals surface area contributed by atoms with Gasteiger partial charge in [-0.3, -0.25) is 10.3 Å². The van der Waals surface area contributed by atoms with E-state index in [2.05, 4.69) is 18.7 Å². The van der Waals surface area contributed by atoms with Gasteiger partial charge in [0.15, 0.2) is 0 Å². The van der Waals surface area contributed by atoms with Crippen LogP contribution in [0.4, 0.5) is 0 Å². The lowest BCUT2D eigenvalue weighted by Crippen LogP contribution is -2.21. The van der Waals surface area contributed by atoms with E-state index in [0.717, 1.165) is 25.2 Å². The van der Waals surface area contributed by atoms with Crippen LogP contribution >= 0.6 is 12.4 Å². The Hall–Kier alpha value is -2.83. The second-order valence-corrected chi connectivity index (χ2v) is 6.05. The molecule has 0 spiro atoms. The lowest BCUT2D eigenvalue weighted by Gasteiger charge is -2.18. The molecule has 2 aromatic carbocycles. The summed E-state index contributed by atoms with van der Waals surface area (Å²) >= 11 is 0. The molecule has 0 aromatic heterocycles. The van der Waals surface area contributed by atoms with Crippen molar-refractivity contribution in [3.05, 3.63) is 65.2 Å². The number of nitrogen functional groups attached to an aromatic ring is 1. The third-order valence-corrected chi connectivity index (χ3v) is 4.18. The van der Waals surface area contributed by atoms with Crippen molar-refractivity contribution >= 4 is 30.3 Å². The van der Waals surface area contributed by atoms with Crippen LogP contribution in [0.1, 0.15) is 30.5 Å². The number of hydrogen-bond donors (Lipinski definition) is 3. The van der Waals surface area contributed by atoms with Crippen molar-refractivity contribution in [3.63, 3.8) is 0 Å². The zero-order chi connectivity index (χ0) is 19.8. The molecule has 0 fully saturated rings. The Labute approximate surface area is 171 Å². The lowest BCUT2D eigenvalue weighted by atomic mass is 10.1. The molecule has 0 radical (unpaired) electrons. The minimum Gasteiger partial charge on any atom is -0.507 e. The van der Waals surface area contributed by atoms with Gasteiger partial charge in [-0.15, -0.1) is 12.4 Å². The van der Waals surface area contributed by atoms with Gasteiger partial charge in [0, 0.05) is 23.7 Å². The van der Waals surface area contributed by atoms with E-state index in [-0.39, 0.29) is 24.0 Å². The summed E-state index contributed by atoms with van der Waals surface area (Å²) < 4.78 is 5.19. The first-order valence-corrected chi connectivity index (χ1v) is 8.81. The van der Waals surface area contributed by atoms with E-state index < -0.39 is 5.97 Å². The predicted octanol–water partition coefficient (Wildman–Crippen LogP) is 3.56. The number of nitrogens with two attached hydrogens (primary N) is 1. The Kier molecular flexibility index (Phi) is 9.21. The molecule has 7 heteroatoms. The molecule has 0 aliphatic rings. The van der Waals surface area contributed by atoms with Crippen molar-refractivity contribution in [2.45, 2.75) is 20.4 Å². The van der Waals surface area contributed by atoms with Gasteiger partial charge in [-0.05, 0) is 55.1 Å². The van der Waals surface area contributed by atoms with Gasteiger partial charge >= 0.3 is 5.97 Å². The quantitative estimate of drug-likeness (QED) is 0.206. The van der Waals surface area contributed by atoms with Crippen LogP contribution in [0.5, 0.6) is 11.5 Å². The number of benzene rings is 2. The molecule has 0 amide bonds. The van der Waals surface area contributed by atoms with E-state index in [9.17, 15) is 9.90 Å². The van der Waals surface area contributed by atoms with Crippen LogP contribution < -0.4 is 10.5 Å². The number of halogens is 1. The number of aromatic hydroxyl groups is 1. The number of hydrogen-bond acceptors (Lipinski definition) is 5. The van der Waals surface area contributed by atoms with Crippen LogP contribution in [0.15, 0.2) is 48.5 Å². The van der Waals surface area contributed by atoms with Gasteiger partial charge in [0.25, 0.3) is 0 Å². The molecule has 28 heavy (non-hydrogen) atoms. The molecule has 150 valence electrons. The van der Waals surface area contributed by atoms with E-state index in [1.807, 2.05) is 6.07 Å². The highest BCUT2D eigenvalue weighted by Gasteiger charge is 2.06. The van der Waals surface area contributed by atoms with Gasteiger partial charge in [-0.2, -0.15) is 0 Å². The molecule has 4 N–H and O–H groups in total. The molecular weight excluding hydrogens is 378 g/mol. The Morgan fingerprint density at radius 2 is 1.82 bits per heavy atom. The van der Waals surface area contributed by atoms with Crippen LogP contribution in [0.25, 0.3) is 6.08 Å². The number of phenolic OH excluding ortho intramolecular Hbond substituents is 1. The molecule has 0 heterocycles. The largest absolute Gasteiger partial charge is 0.507 e. The first kappa shape index (κ1) is 23.2. The van der Waals surface area contributed by atoms with Crippen molar-refractivity contribution in [2.24, 2.45) is 5.73 Å². The molecule has 2 rings (SSSR count). The van der Waals surface area contributed by atoms with Gasteiger partial charge in [-0.25, -0.2) is 4.79 Å². The average Bonchev–Trinajstić information content (AvgIpc) is 2.65. The molecular formula is C21H26ClN3O3. The summed E-state index contributed by atoms with van der Waals surface area (Å²) in [6.45, 7) is 6.85. The highest BCUT2D eigenvalue weighted by molar-refractivity contribution is 5.95. The third kappa shape index (κ3) is 6.72. The van der Waals surface area contributed by atoms with Gasteiger partial charge in [0.1, 0.15) is 17.3 Å². The number of amidine groups is 1. The fourth-order valence-electron chi connectivity index (χ4n) is 2.54. The minimum atomic E-state index is -0.558. The highest BCUT2D eigenvalue weighted by Crippen LogP contribution is 2.21. The number of rotatable bonds is 8. The first-order valence-electron chi connectivity index (χ1n) is 8.81. The highest BCUT2D eigenvalue weighted by atomic mass is 35.5. The molecule has 0 aliphatic carbocycles. The van der Waals surface area contributed by atoms with E-state index in [1.165, 1.54) is 12.2 Å². The van der Waals surface area contributed by atoms with Crippen LogP contribution in [0, 0.1) is 5.41 Å². The molecule has 0 atom stereocenters. The second-order valence-electron chi connectivity index (χ2n) is 6.05. The molecule has 0 aliphatic heterocycles. The summed E-state index contributed by atoms with van der Waals surface area (Å²) in [5, 5.41) is 17.5. The van der Waals surface area contributed by atoms with E-state index in [1.54, 1.807) is 36.4 Å². The maximum Gasteiger partial charge on any atom is 0.336 e. The summed E-state index contributed by atoms with van der Waals surface area (Å²) in [6.07, 6.45) is 2.78. The smallest absolute Gasteiger partial charge is 0.336 e. The third-order valence-electron chi connectivity index (χ3n) is 4.18. The monoisotopic (exact) mass is 403 g/mol. The zero-order valence-corrected chi connectivity index (χ0v) is 16.8. The second kappa shape index (κ2) is 11.1. The summed E-state index contributed by atoms with van der Waals surface area (Å²) in [5.41, 5.74) is 7.50. The number of carbonyl (C=O) groups is 1. The average molecular weight is 404 g/mol. The molecule has 6 nitrogen and oxygen atoms in total. The molecule has 0 saturated heterocycles.